The highest BCUT2D eigenvalue weighted by Gasteiger charge is 2.38. The maximum absolute atomic E-state index is 12.7. The summed E-state index contributed by atoms with van der Waals surface area (Å²) in [6, 6.07) is 12.7. The molecule has 0 saturated carbocycles. The minimum atomic E-state index is -1.11. The fourth-order valence-electron chi connectivity index (χ4n) is 5.06. The van der Waals surface area contributed by atoms with E-state index in [1.807, 2.05) is 37.4 Å². The number of rotatable bonds is 4. The summed E-state index contributed by atoms with van der Waals surface area (Å²) in [5.74, 6) is 1.99. The van der Waals surface area contributed by atoms with Crippen LogP contribution in [0.25, 0.3) is 0 Å². The number of nitrogens with zero attached hydrogens (tertiary/aromatic N) is 5. The third-order valence-electron chi connectivity index (χ3n) is 7.08. The lowest BCUT2D eigenvalue weighted by Gasteiger charge is -2.38. The number of amides is 1. The van der Waals surface area contributed by atoms with Crippen LogP contribution in [-0.4, -0.2) is 63.5 Å². The predicted octanol–water partition coefficient (Wildman–Crippen LogP) is 2.23. The smallest absolute Gasteiger partial charge is 0.227 e. The molecule has 5 rings (SSSR count). The summed E-state index contributed by atoms with van der Waals surface area (Å²) in [4.78, 5) is 26.1. The largest absolute Gasteiger partial charge is 0.364 e. The number of hydrogen-bond acceptors (Lipinski definition) is 7. The van der Waals surface area contributed by atoms with E-state index in [4.69, 9.17) is 9.97 Å². The first-order valence-corrected chi connectivity index (χ1v) is 12.8. The predicted molar refractivity (Wildman–Crippen MR) is 126 cm³/mol. The number of benzene rings is 1. The van der Waals surface area contributed by atoms with Crippen molar-refractivity contribution in [1.82, 2.24) is 14.9 Å². The summed E-state index contributed by atoms with van der Waals surface area (Å²) >= 11 is 0. The van der Waals surface area contributed by atoms with E-state index in [0.29, 0.717) is 67.7 Å². The molecule has 0 radical (unpaired) electrons. The van der Waals surface area contributed by atoms with Gasteiger partial charge in [0.25, 0.3) is 0 Å². The molecular weight excluding hydrogens is 436 g/mol. The molecule has 2 unspecified atom stereocenters. The normalized spacial score (nSPS) is 24.3. The Morgan fingerprint density at radius 2 is 1.94 bits per heavy atom. The lowest BCUT2D eigenvalue weighted by Crippen LogP contribution is -2.44. The van der Waals surface area contributed by atoms with Crippen LogP contribution in [0.3, 0.4) is 0 Å². The van der Waals surface area contributed by atoms with Crippen molar-refractivity contribution in [3.05, 3.63) is 41.6 Å². The van der Waals surface area contributed by atoms with Gasteiger partial charge in [0.2, 0.25) is 11.9 Å². The number of nitrogens with one attached hydrogen (secondary N) is 1. The van der Waals surface area contributed by atoms with E-state index < -0.39 is 16.2 Å². The van der Waals surface area contributed by atoms with E-state index in [9.17, 15) is 14.3 Å². The maximum Gasteiger partial charge on any atom is 0.227 e. The molecule has 4 heterocycles. The molecule has 2 fully saturated rings. The number of hydrogen-bond donors (Lipinski definition) is 1. The van der Waals surface area contributed by atoms with E-state index in [1.54, 1.807) is 4.90 Å². The molecule has 0 bridgehead atoms. The fraction of sp³-hybridized carbons (Fsp3) is 0.500. The zero-order valence-corrected chi connectivity index (χ0v) is 19.6. The quantitative estimate of drug-likeness (QED) is 0.740. The first-order chi connectivity index (χ1) is 16.0. The highest BCUT2D eigenvalue weighted by molar-refractivity contribution is 7.85. The van der Waals surface area contributed by atoms with Crippen molar-refractivity contribution in [2.45, 2.75) is 48.5 Å². The number of carbonyl (C=O) groups is 1. The molecule has 33 heavy (non-hydrogen) atoms. The third-order valence-corrected chi connectivity index (χ3v) is 8.54. The molecule has 1 aromatic carbocycles. The molecule has 1 N–H and O–H groups in total. The molecule has 3 aliphatic heterocycles. The Hall–Kier alpha value is -2.99. The molecule has 1 aromatic heterocycles. The molecular formula is C24H28N6O2S. The Morgan fingerprint density at radius 1 is 1.18 bits per heavy atom. The van der Waals surface area contributed by atoms with Gasteiger partial charge in [0.15, 0.2) is 0 Å². The topological polar surface area (TPSA) is 102 Å². The molecule has 3 aliphatic rings. The minimum Gasteiger partial charge on any atom is -0.364 e. The van der Waals surface area contributed by atoms with Crippen LogP contribution < -0.4 is 10.2 Å². The number of nitriles is 1. The van der Waals surface area contributed by atoms with Crippen LogP contribution in [0.1, 0.15) is 36.9 Å². The van der Waals surface area contributed by atoms with Crippen molar-refractivity contribution < 1.29 is 9.00 Å². The first-order valence-electron chi connectivity index (χ1n) is 11.5. The standard InChI is InChI=1S/C24H28N6O2S/c1-29-15-18(7-8-20(29)31)26-22-21-19(9-14-33(21)32)27-23(28-22)30-12-10-24(16-25,11-13-30)17-5-3-2-4-6-17/h2-6,18H,7-15H2,1H3,(H,26,27,28). The number of fused-ring (bicyclic) bond motifs is 1. The Labute approximate surface area is 196 Å². The monoisotopic (exact) mass is 464 g/mol. The molecule has 9 heteroatoms. The highest BCUT2D eigenvalue weighted by Crippen LogP contribution is 2.37. The van der Waals surface area contributed by atoms with E-state index in [2.05, 4.69) is 16.3 Å². The van der Waals surface area contributed by atoms with E-state index >= 15 is 0 Å². The van der Waals surface area contributed by atoms with Gasteiger partial charge in [-0.3, -0.25) is 9.00 Å². The van der Waals surface area contributed by atoms with E-state index in [0.717, 1.165) is 17.7 Å². The number of carbonyl (C=O) groups excluding carboxylic acids is 1. The average Bonchev–Trinajstić information content (AvgIpc) is 3.23. The van der Waals surface area contributed by atoms with E-state index in [1.165, 1.54) is 0 Å². The number of aryl methyl sites for hydroxylation is 1. The number of likely N-dealkylation sites (tertiary alicyclic amines) is 1. The summed E-state index contributed by atoms with van der Waals surface area (Å²) < 4.78 is 12.7. The number of anilines is 2. The first kappa shape index (κ1) is 21.8. The van der Waals surface area contributed by atoms with Gasteiger partial charge in [0.05, 0.1) is 28.0 Å². The molecule has 2 atom stereocenters. The van der Waals surface area contributed by atoms with Gasteiger partial charge in [-0.25, -0.2) is 4.98 Å². The summed E-state index contributed by atoms with van der Waals surface area (Å²) in [7, 11) is 0.701. The van der Waals surface area contributed by atoms with Crippen molar-refractivity contribution >= 4 is 28.5 Å². The number of likely N-dealkylation sites (N-methyl/N-ethyl adjacent to an activating group) is 1. The van der Waals surface area contributed by atoms with Gasteiger partial charge in [-0.15, -0.1) is 0 Å². The van der Waals surface area contributed by atoms with Crippen molar-refractivity contribution in [1.29, 1.82) is 5.26 Å². The fourth-order valence-corrected chi connectivity index (χ4v) is 6.37. The van der Waals surface area contributed by atoms with Crippen LogP contribution in [0.4, 0.5) is 11.8 Å². The van der Waals surface area contributed by atoms with Gasteiger partial charge in [0.1, 0.15) is 10.7 Å². The van der Waals surface area contributed by atoms with E-state index in [-0.39, 0.29) is 11.9 Å². The Balaban J connectivity index is 1.38. The van der Waals surface area contributed by atoms with Gasteiger partial charge < -0.3 is 15.1 Å². The zero-order chi connectivity index (χ0) is 23.0. The second kappa shape index (κ2) is 8.75. The second-order valence-electron chi connectivity index (χ2n) is 9.15. The van der Waals surface area contributed by atoms with Crippen LogP contribution in [0.15, 0.2) is 35.2 Å². The van der Waals surface area contributed by atoms with Gasteiger partial charge >= 0.3 is 0 Å². The molecule has 0 aliphatic carbocycles. The van der Waals surface area contributed by atoms with Crippen LogP contribution in [0, 0.1) is 11.3 Å². The van der Waals surface area contributed by atoms with Crippen molar-refractivity contribution in [3.63, 3.8) is 0 Å². The molecule has 0 spiro atoms. The summed E-state index contributed by atoms with van der Waals surface area (Å²) in [5, 5.41) is 13.5. The number of aromatic nitrogens is 2. The highest BCUT2D eigenvalue weighted by atomic mass is 32.2. The SMILES string of the molecule is CN1CC(Nc2nc(N3CCC(C#N)(c4ccccc4)CC3)nc3c2S(=O)CC3)CCC1=O. The van der Waals surface area contributed by atoms with Crippen LogP contribution in [-0.2, 0) is 27.4 Å². The summed E-state index contributed by atoms with van der Waals surface area (Å²) in [6.07, 6.45) is 3.32. The van der Waals surface area contributed by atoms with Crippen molar-refractivity contribution in [2.24, 2.45) is 0 Å². The minimum absolute atomic E-state index is 0.0721. The number of piperidine rings is 2. The van der Waals surface area contributed by atoms with Crippen LogP contribution in [0.2, 0.25) is 0 Å². The maximum atomic E-state index is 12.7. The molecule has 8 nitrogen and oxygen atoms in total. The summed E-state index contributed by atoms with van der Waals surface area (Å²) in [6.45, 7) is 1.97. The lowest BCUT2D eigenvalue weighted by molar-refractivity contribution is -0.132. The second-order valence-corrected chi connectivity index (χ2v) is 10.7. The Bertz CT molecular complexity index is 1120. The molecule has 2 aromatic rings. The zero-order valence-electron chi connectivity index (χ0n) is 18.8. The van der Waals surface area contributed by atoms with Crippen molar-refractivity contribution in [3.8, 4) is 6.07 Å². The molecule has 2 saturated heterocycles. The average molecular weight is 465 g/mol. The van der Waals surface area contributed by atoms with Gasteiger partial charge in [-0.05, 0) is 24.8 Å². The lowest BCUT2D eigenvalue weighted by atomic mass is 9.74. The third kappa shape index (κ3) is 4.08. The molecule has 172 valence electrons. The molecule has 1 amide bonds. The van der Waals surface area contributed by atoms with Crippen LogP contribution >= 0.6 is 0 Å². The van der Waals surface area contributed by atoms with Gasteiger partial charge in [-0.1, -0.05) is 30.3 Å². The Morgan fingerprint density at radius 3 is 2.64 bits per heavy atom. The summed E-state index contributed by atoms with van der Waals surface area (Å²) in [5.41, 5.74) is 1.42. The van der Waals surface area contributed by atoms with Crippen molar-refractivity contribution in [2.75, 3.05) is 42.7 Å². The van der Waals surface area contributed by atoms with Gasteiger partial charge in [0, 0.05) is 51.3 Å². The van der Waals surface area contributed by atoms with Crippen LogP contribution in [0.5, 0.6) is 0 Å². The Kier molecular flexibility index (Phi) is 5.79. The van der Waals surface area contributed by atoms with Gasteiger partial charge in [-0.2, -0.15) is 10.2 Å².